The van der Waals surface area contributed by atoms with Gasteiger partial charge in [-0.05, 0) is 38.3 Å². The van der Waals surface area contributed by atoms with Gasteiger partial charge in [0.15, 0.2) is 0 Å². The molecule has 0 unspecified atom stereocenters. The number of nitrogens with zero attached hydrogens (tertiary/aromatic N) is 1. The van der Waals surface area contributed by atoms with Crippen LogP contribution in [-0.2, 0) is 10.0 Å². The number of thiophene rings is 1. The second-order valence-electron chi connectivity index (χ2n) is 5.91. The maximum atomic E-state index is 12.3. The molecule has 1 N–H and O–H groups in total. The highest BCUT2D eigenvalue weighted by molar-refractivity contribution is 7.91. The lowest BCUT2D eigenvalue weighted by molar-refractivity contribution is 0.242. The maximum absolute atomic E-state index is 12.3. The van der Waals surface area contributed by atoms with E-state index in [1.807, 2.05) is 13.0 Å². The van der Waals surface area contributed by atoms with Gasteiger partial charge in [0, 0.05) is 30.1 Å². The fraction of sp³-hybridized carbons (Fsp3) is 0.714. The number of hydrogen-bond acceptors (Lipinski definition) is 4. The third kappa shape index (κ3) is 3.08. The fourth-order valence-electron chi connectivity index (χ4n) is 3.32. The molecule has 0 amide bonds. The summed E-state index contributed by atoms with van der Waals surface area (Å²) in [6, 6.07) is 4.32. The lowest BCUT2D eigenvalue weighted by Gasteiger charge is -2.23. The van der Waals surface area contributed by atoms with E-state index in [0.29, 0.717) is 10.3 Å². The molecule has 1 saturated heterocycles. The Morgan fingerprint density at radius 3 is 2.65 bits per heavy atom. The Bertz CT molecular complexity index is 561. The first kappa shape index (κ1) is 14.5. The van der Waals surface area contributed by atoms with E-state index >= 15 is 0 Å². The van der Waals surface area contributed by atoms with Crippen LogP contribution >= 0.6 is 11.3 Å². The van der Waals surface area contributed by atoms with Crippen molar-refractivity contribution in [1.29, 1.82) is 0 Å². The number of nitrogens with one attached hydrogen (secondary N) is 1. The van der Waals surface area contributed by atoms with Crippen LogP contribution in [0.15, 0.2) is 16.3 Å². The Hall–Kier alpha value is -0.430. The molecule has 2 aliphatic rings. The molecular weight excluding hydrogens is 292 g/mol. The van der Waals surface area contributed by atoms with Crippen LogP contribution in [0.2, 0.25) is 0 Å². The summed E-state index contributed by atoms with van der Waals surface area (Å²) in [6.45, 7) is 3.83. The van der Waals surface area contributed by atoms with Gasteiger partial charge in [-0.15, -0.1) is 11.3 Å². The van der Waals surface area contributed by atoms with E-state index < -0.39 is 10.0 Å². The first-order valence-electron chi connectivity index (χ1n) is 7.37. The highest BCUT2D eigenvalue weighted by Gasteiger charge is 2.32. The van der Waals surface area contributed by atoms with Gasteiger partial charge < -0.3 is 0 Å². The minimum absolute atomic E-state index is 0.0722. The molecule has 1 aliphatic heterocycles. The van der Waals surface area contributed by atoms with Gasteiger partial charge in [0.1, 0.15) is 4.21 Å². The molecule has 2 fully saturated rings. The van der Waals surface area contributed by atoms with E-state index in [9.17, 15) is 8.42 Å². The molecule has 1 atom stereocenters. The molecule has 1 aromatic rings. The molecule has 1 aliphatic carbocycles. The van der Waals surface area contributed by atoms with Crippen LogP contribution in [0.5, 0.6) is 0 Å². The monoisotopic (exact) mass is 314 g/mol. The van der Waals surface area contributed by atoms with Gasteiger partial charge in [-0.2, -0.15) is 0 Å². The van der Waals surface area contributed by atoms with E-state index in [-0.39, 0.29) is 6.04 Å². The summed E-state index contributed by atoms with van der Waals surface area (Å²) < 4.78 is 27.9. The Balaban J connectivity index is 1.61. The van der Waals surface area contributed by atoms with Gasteiger partial charge in [-0.25, -0.2) is 13.1 Å². The zero-order valence-electron chi connectivity index (χ0n) is 11.8. The van der Waals surface area contributed by atoms with Gasteiger partial charge in [-0.3, -0.25) is 4.90 Å². The zero-order valence-corrected chi connectivity index (χ0v) is 13.5. The van der Waals surface area contributed by atoms with Gasteiger partial charge in [0.25, 0.3) is 0 Å². The Kier molecular flexibility index (Phi) is 4.17. The topological polar surface area (TPSA) is 49.4 Å². The summed E-state index contributed by atoms with van der Waals surface area (Å²) in [5, 5.41) is 0. The molecule has 112 valence electrons. The lowest BCUT2D eigenvalue weighted by Crippen LogP contribution is -2.38. The summed E-state index contributed by atoms with van der Waals surface area (Å²) in [5.41, 5.74) is 0. The van der Waals surface area contributed by atoms with Crippen molar-refractivity contribution in [3.8, 4) is 0 Å². The molecular formula is C14H22N2O2S2. The molecule has 1 aromatic heterocycles. The Morgan fingerprint density at radius 1 is 1.25 bits per heavy atom. The smallest absolute Gasteiger partial charge is 0.250 e. The van der Waals surface area contributed by atoms with Crippen LogP contribution in [0.1, 0.15) is 37.0 Å². The second-order valence-corrected chi connectivity index (χ2v) is 9.13. The van der Waals surface area contributed by atoms with Crippen molar-refractivity contribution in [2.75, 3.05) is 13.1 Å². The minimum atomic E-state index is -3.33. The number of rotatable bonds is 4. The highest BCUT2D eigenvalue weighted by Crippen LogP contribution is 2.27. The number of hydrogen-bond donors (Lipinski definition) is 1. The summed E-state index contributed by atoms with van der Waals surface area (Å²) in [4.78, 5) is 3.50. The minimum Gasteiger partial charge on any atom is -0.299 e. The van der Waals surface area contributed by atoms with Crippen molar-refractivity contribution in [3.05, 3.63) is 17.0 Å². The molecule has 20 heavy (non-hydrogen) atoms. The van der Waals surface area contributed by atoms with Crippen LogP contribution in [0.25, 0.3) is 0 Å². The van der Waals surface area contributed by atoms with Crippen LogP contribution in [0.4, 0.5) is 0 Å². The molecule has 6 heteroatoms. The van der Waals surface area contributed by atoms with Crippen molar-refractivity contribution in [2.24, 2.45) is 0 Å². The first-order chi connectivity index (χ1) is 9.54. The molecule has 1 saturated carbocycles. The number of aryl methyl sites for hydroxylation is 1. The molecule has 0 aromatic carbocycles. The van der Waals surface area contributed by atoms with E-state index in [0.717, 1.165) is 24.4 Å². The molecule has 2 heterocycles. The lowest BCUT2D eigenvalue weighted by atomic mass is 10.2. The summed E-state index contributed by atoms with van der Waals surface area (Å²) in [6.07, 6.45) is 6.14. The van der Waals surface area contributed by atoms with Crippen molar-refractivity contribution in [3.63, 3.8) is 0 Å². The van der Waals surface area contributed by atoms with E-state index in [2.05, 4.69) is 9.62 Å². The first-order valence-corrected chi connectivity index (χ1v) is 9.67. The Labute approximate surface area is 125 Å². The van der Waals surface area contributed by atoms with E-state index in [1.54, 1.807) is 6.07 Å². The quantitative estimate of drug-likeness (QED) is 0.928. The summed E-state index contributed by atoms with van der Waals surface area (Å²) in [7, 11) is -3.33. The molecule has 0 radical (unpaired) electrons. The third-order valence-electron chi connectivity index (χ3n) is 4.36. The second kappa shape index (κ2) is 5.75. The molecule has 0 bridgehead atoms. The highest BCUT2D eigenvalue weighted by atomic mass is 32.2. The van der Waals surface area contributed by atoms with Gasteiger partial charge in [-0.1, -0.05) is 12.8 Å². The Morgan fingerprint density at radius 2 is 2.00 bits per heavy atom. The average molecular weight is 314 g/mol. The predicted octanol–water partition coefficient (Wildman–Crippen LogP) is 2.35. The van der Waals surface area contributed by atoms with Crippen molar-refractivity contribution >= 4 is 21.4 Å². The van der Waals surface area contributed by atoms with Crippen molar-refractivity contribution < 1.29 is 8.42 Å². The van der Waals surface area contributed by atoms with Crippen LogP contribution in [-0.4, -0.2) is 38.5 Å². The maximum Gasteiger partial charge on any atom is 0.250 e. The number of likely N-dealkylation sites (tertiary alicyclic amines) is 1. The SMILES string of the molecule is Cc1ccc(S(=O)(=O)N[C@@H]2CCN(C3CCCC3)C2)s1. The molecule has 4 nitrogen and oxygen atoms in total. The largest absolute Gasteiger partial charge is 0.299 e. The molecule has 0 spiro atoms. The van der Waals surface area contributed by atoms with Gasteiger partial charge >= 0.3 is 0 Å². The van der Waals surface area contributed by atoms with E-state index in [4.69, 9.17) is 0 Å². The summed E-state index contributed by atoms with van der Waals surface area (Å²) >= 11 is 1.34. The van der Waals surface area contributed by atoms with Crippen molar-refractivity contribution in [1.82, 2.24) is 9.62 Å². The predicted molar refractivity (Wildman–Crippen MR) is 81.6 cm³/mol. The van der Waals surface area contributed by atoms with Crippen LogP contribution in [0, 0.1) is 6.92 Å². The van der Waals surface area contributed by atoms with E-state index in [1.165, 1.54) is 37.0 Å². The number of sulfonamides is 1. The fourth-order valence-corrected chi connectivity index (χ4v) is 5.88. The summed E-state index contributed by atoms with van der Waals surface area (Å²) in [5.74, 6) is 0. The standard InChI is InChI=1S/C14H22N2O2S2/c1-11-6-7-14(19-11)20(17,18)15-12-8-9-16(10-12)13-4-2-3-5-13/h6-7,12-13,15H,2-5,8-10H2,1H3/t12-/m1/s1. The zero-order chi connectivity index (χ0) is 14.2. The third-order valence-corrected chi connectivity index (χ3v) is 7.38. The van der Waals surface area contributed by atoms with Crippen LogP contribution in [0.3, 0.4) is 0 Å². The average Bonchev–Trinajstić information content (AvgIpc) is 3.06. The van der Waals surface area contributed by atoms with Crippen molar-refractivity contribution in [2.45, 2.75) is 55.3 Å². The van der Waals surface area contributed by atoms with Gasteiger partial charge in [0.2, 0.25) is 10.0 Å². The van der Waals surface area contributed by atoms with Crippen LogP contribution < -0.4 is 4.72 Å². The normalized spacial score (nSPS) is 25.6. The van der Waals surface area contributed by atoms with Gasteiger partial charge in [0.05, 0.1) is 0 Å². The molecule has 3 rings (SSSR count).